The molecule has 9 heteroatoms. The summed E-state index contributed by atoms with van der Waals surface area (Å²) < 4.78 is 32.3. The molecule has 0 saturated heterocycles. The van der Waals surface area contributed by atoms with Crippen molar-refractivity contribution in [1.82, 2.24) is 4.90 Å². The van der Waals surface area contributed by atoms with Gasteiger partial charge in [-0.1, -0.05) is 26.7 Å². The predicted molar refractivity (Wildman–Crippen MR) is 126 cm³/mol. The van der Waals surface area contributed by atoms with Gasteiger partial charge in [0.25, 0.3) is 0 Å². The first-order valence-corrected chi connectivity index (χ1v) is 12.1. The smallest absolute Gasteiger partial charge is 0.410 e. The van der Waals surface area contributed by atoms with Gasteiger partial charge in [0, 0.05) is 13.6 Å². The average molecular weight is 478 g/mol. The Hall–Kier alpha value is -1.42. The van der Waals surface area contributed by atoms with Gasteiger partial charge in [-0.3, -0.25) is 4.79 Å². The minimum Gasteiger partial charge on any atom is -0.463 e. The zero-order valence-electron chi connectivity index (χ0n) is 21.7. The summed E-state index contributed by atoms with van der Waals surface area (Å²) in [5, 5.41) is 0. The number of carbonyl (C=O) groups is 2. The van der Waals surface area contributed by atoms with Gasteiger partial charge in [-0.15, -0.1) is 0 Å². The molecular weight excluding hydrogens is 430 g/mol. The quantitative estimate of drug-likeness (QED) is 0.194. The summed E-state index contributed by atoms with van der Waals surface area (Å²) in [5.74, 6) is -0.126. The van der Waals surface area contributed by atoms with Gasteiger partial charge < -0.3 is 33.3 Å². The Morgan fingerprint density at radius 1 is 0.788 bits per heavy atom. The second kappa shape index (κ2) is 20.0. The summed E-state index contributed by atoms with van der Waals surface area (Å²) in [6.07, 6.45) is 3.47. The van der Waals surface area contributed by atoms with Gasteiger partial charge in [-0.25, -0.2) is 4.79 Å². The highest BCUT2D eigenvalue weighted by atomic mass is 16.6. The third-order valence-corrected chi connectivity index (χ3v) is 4.60. The maximum Gasteiger partial charge on any atom is 0.410 e. The van der Waals surface area contributed by atoms with Crippen LogP contribution in [0.25, 0.3) is 0 Å². The first kappa shape index (κ1) is 31.6. The van der Waals surface area contributed by atoms with Crippen LogP contribution in [0, 0.1) is 5.92 Å². The highest BCUT2D eigenvalue weighted by Crippen LogP contribution is 2.14. The first-order valence-electron chi connectivity index (χ1n) is 12.1. The van der Waals surface area contributed by atoms with Crippen LogP contribution >= 0.6 is 0 Å². The Morgan fingerprint density at radius 3 is 1.73 bits per heavy atom. The number of unbranched alkanes of at least 4 members (excludes halogenated alkanes) is 1. The third-order valence-electron chi connectivity index (χ3n) is 4.60. The molecule has 0 aromatic rings. The van der Waals surface area contributed by atoms with Gasteiger partial charge in [0.05, 0.1) is 58.8 Å². The van der Waals surface area contributed by atoms with Crippen molar-refractivity contribution in [2.75, 3.05) is 73.1 Å². The third kappa shape index (κ3) is 19.7. The molecule has 1 unspecified atom stereocenters. The number of hydrogen-bond acceptors (Lipinski definition) is 8. The SMILES string of the molecule is CCCCC(CC)C(=O)OCCOCCOCCOCCOCCN(C)C(=O)OC(C)(C)C. The second-order valence-electron chi connectivity index (χ2n) is 8.77. The van der Waals surface area contributed by atoms with Crippen LogP contribution in [0.1, 0.15) is 60.3 Å². The molecule has 9 nitrogen and oxygen atoms in total. The number of likely N-dealkylation sites (N-methyl/N-ethyl adjacent to an activating group) is 1. The van der Waals surface area contributed by atoms with Crippen LogP contribution in [0.2, 0.25) is 0 Å². The zero-order chi connectivity index (χ0) is 25.0. The Labute approximate surface area is 200 Å². The molecule has 0 aromatic carbocycles. The molecule has 0 bridgehead atoms. The van der Waals surface area contributed by atoms with Crippen LogP contribution in [-0.4, -0.2) is 95.6 Å². The van der Waals surface area contributed by atoms with Crippen LogP contribution in [-0.2, 0) is 33.2 Å². The van der Waals surface area contributed by atoms with E-state index in [9.17, 15) is 9.59 Å². The highest BCUT2D eigenvalue weighted by molar-refractivity contribution is 5.72. The van der Waals surface area contributed by atoms with E-state index >= 15 is 0 Å². The van der Waals surface area contributed by atoms with Crippen molar-refractivity contribution in [2.45, 2.75) is 65.9 Å². The summed E-state index contributed by atoms with van der Waals surface area (Å²) in [5.41, 5.74) is -0.505. The van der Waals surface area contributed by atoms with Crippen LogP contribution < -0.4 is 0 Å². The van der Waals surface area contributed by atoms with E-state index in [1.54, 1.807) is 7.05 Å². The number of hydrogen-bond donors (Lipinski definition) is 0. The van der Waals surface area contributed by atoms with E-state index in [1.807, 2.05) is 27.7 Å². The molecule has 0 spiro atoms. The van der Waals surface area contributed by atoms with Crippen molar-refractivity contribution in [3.8, 4) is 0 Å². The lowest BCUT2D eigenvalue weighted by molar-refractivity contribution is -0.150. The molecule has 0 aromatic heterocycles. The maximum atomic E-state index is 12.0. The molecule has 0 fully saturated rings. The largest absolute Gasteiger partial charge is 0.463 e. The number of ether oxygens (including phenoxy) is 6. The van der Waals surface area contributed by atoms with Crippen molar-refractivity contribution in [3.05, 3.63) is 0 Å². The fourth-order valence-corrected chi connectivity index (χ4v) is 2.65. The van der Waals surface area contributed by atoms with Crippen LogP contribution in [0.3, 0.4) is 0 Å². The van der Waals surface area contributed by atoms with Crippen molar-refractivity contribution in [3.63, 3.8) is 0 Å². The summed E-state index contributed by atoms with van der Waals surface area (Å²) in [7, 11) is 1.68. The summed E-state index contributed by atoms with van der Waals surface area (Å²) in [4.78, 5) is 25.2. The first-order chi connectivity index (χ1) is 15.7. The molecule has 196 valence electrons. The Balaban J connectivity index is 3.42. The van der Waals surface area contributed by atoms with E-state index in [0.29, 0.717) is 59.4 Å². The summed E-state index contributed by atoms with van der Waals surface area (Å²) >= 11 is 0. The molecule has 33 heavy (non-hydrogen) atoms. The Morgan fingerprint density at radius 2 is 1.27 bits per heavy atom. The molecule has 0 aliphatic rings. The number of carbonyl (C=O) groups excluding carboxylic acids is 2. The zero-order valence-corrected chi connectivity index (χ0v) is 21.7. The molecule has 1 amide bonds. The molecule has 0 N–H and O–H groups in total. The van der Waals surface area contributed by atoms with Gasteiger partial charge >= 0.3 is 12.1 Å². The van der Waals surface area contributed by atoms with E-state index in [2.05, 4.69) is 6.92 Å². The Bertz CT molecular complexity index is 495. The van der Waals surface area contributed by atoms with Crippen molar-refractivity contribution < 1.29 is 38.0 Å². The topological polar surface area (TPSA) is 92.8 Å². The normalized spacial score (nSPS) is 12.4. The molecule has 0 saturated carbocycles. The minimum atomic E-state index is -0.505. The fourth-order valence-electron chi connectivity index (χ4n) is 2.65. The average Bonchev–Trinajstić information content (AvgIpc) is 2.75. The second-order valence-corrected chi connectivity index (χ2v) is 8.77. The van der Waals surface area contributed by atoms with Crippen molar-refractivity contribution in [2.24, 2.45) is 5.92 Å². The van der Waals surface area contributed by atoms with Gasteiger partial charge in [-0.05, 0) is 33.6 Å². The van der Waals surface area contributed by atoms with E-state index in [4.69, 9.17) is 28.4 Å². The number of amides is 1. The Kier molecular flexibility index (Phi) is 19.1. The molecule has 0 aliphatic heterocycles. The van der Waals surface area contributed by atoms with E-state index in [1.165, 1.54) is 4.90 Å². The highest BCUT2D eigenvalue weighted by Gasteiger charge is 2.19. The van der Waals surface area contributed by atoms with Gasteiger partial charge in [0.1, 0.15) is 12.2 Å². The molecular formula is C24H47NO8. The van der Waals surface area contributed by atoms with E-state index in [-0.39, 0.29) is 24.6 Å². The molecule has 1 atom stereocenters. The fraction of sp³-hybridized carbons (Fsp3) is 0.917. The van der Waals surface area contributed by atoms with Crippen LogP contribution in [0.15, 0.2) is 0 Å². The molecule has 0 rings (SSSR count). The number of nitrogens with zero attached hydrogens (tertiary/aromatic N) is 1. The van der Waals surface area contributed by atoms with E-state index in [0.717, 1.165) is 25.7 Å². The molecule has 0 radical (unpaired) electrons. The van der Waals surface area contributed by atoms with Crippen LogP contribution in [0.5, 0.6) is 0 Å². The lowest BCUT2D eigenvalue weighted by Gasteiger charge is -2.24. The maximum absolute atomic E-state index is 12.0. The lowest BCUT2D eigenvalue weighted by Crippen LogP contribution is -2.36. The number of rotatable bonds is 20. The van der Waals surface area contributed by atoms with Gasteiger partial charge in [0.15, 0.2) is 0 Å². The number of esters is 1. The van der Waals surface area contributed by atoms with Crippen LogP contribution in [0.4, 0.5) is 4.79 Å². The predicted octanol–water partition coefficient (Wildman–Crippen LogP) is 3.68. The summed E-state index contributed by atoms with van der Waals surface area (Å²) in [6.45, 7) is 13.9. The van der Waals surface area contributed by atoms with E-state index < -0.39 is 5.60 Å². The molecule has 0 aliphatic carbocycles. The van der Waals surface area contributed by atoms with Gasteiger partial charge in [0.2, 0.25) is 0 Å². The standard InChI is InChI=1S/C24H47NO8/c1-7-9-10-21(8-2)22(26)32-20-19-31-18-17-30-16-15-29-14-13-28-12-11-25(6)23(27)33-24(3,4)5/h21H,7-20H2,1-6H3. The van der Waals surface area contributed by atoms with Gasteiger partial charge in [-0.2, -0.15) is 0 Å². The minimum absolute atomic E-state index is 0.00254. The van der Waals surface area contributed by atoms with Crippen molar-refractivity contribution >= 4 is 12.1 Å². The monoisotopic (exact) mass is 477 g/mol. The molecule has 0 heterocycles. The lowest BCUT2D eigenvalue weighted by atomic mass is 10.00. The van der Waals surface area contributed by atoms with Crippen molar-refractivity contribution in [1.29, 1.82) is 0 Å². The summed E-state index contributed by atoms with van der Waals surface area (Å²) in [6, 6.07) is 0.